The Morgan fingerprint density at radius 3 is 2.18 bits per heavy atom. The molecule has 0 aromatic heterocycles. The molecule has 3 nitrogen and oxygen atoms in total. The van der Waals surface area contributed by atoms with E-state index in [2.05, 4.69) is 0 Å². The normalized spacial score (nSPS) is 45.9. The third kappa shape index (κ3) is 1.23. The van der Waals surface area contributed by atoms with Crippen LogP contribution in [0.15, 0.2) is 0 Å². The molecule has 4 atom stereocenters. The van der Waals surface area contributed by atoms with Crippen LogP contribution in [0, 0.1) is 17.8 Å². The molecule has 0 aromatic rings. The average Bonchev–Trinajstić information content (AvgIpc) is 2.55. The monoisotopic (exact) mass is 177 g/mol. The SMILES string of the molecule is Cl.NC1CC(C(=O)O)C2CC12. The van der Waals surface area contributed by atoms with Crippen LogP contribution in [0.5, 0.6) is 0 Å². The van der Waals surface area contributed by atoms with E-state index < -0.39 is 5.97 Å². The predicted octanol–water partition coefficient (Wildman–Crippen LogP) is 0.476. The maximum Gasteiger partial charge on any atom is 0.306 e. The standard InChI is InChI=1S/C7H11NO2.ClH/c8-6-2-5(7(9)10)3-1-4(3)6;/h3-6H,1-2,8H2,(H,9,10);1H. The molecule has 0 spiro atoms. The summed E-state index contributed by atoms with van der Waals surface area (Å²) < 4.78 is 0. The van der Waals surface area contributed by atoms with Crippen molar-refractivity contribution in [2.75, 3.05) is 0 Å². The van der Waals surface area contributed by atoms with E-state index in [1.165, 1.54) is 0 Å². The number of fused-ring (bicyclic) bond motifs is 1. The fourth-order valence-corrected chi connectivity index (χ4v) is 2.12. The van der Waals surface area contributed by atoms with Crippen LogP contribution < -0.4 is 5.73 Å². The van der Waals surface area contributed by atoms with Gasteiger partial charge >= 0.3 is 5.97 Å². The van der Waals surface area contributed by atoms with Crippen molar-refractivity contribution in [2.24, 2.45) is 23.5 Å². The Kier molecular flexibility index (Phi) is 2.12. The van der Waals surface area contributed by atoms with Crippen molar-refractivity contribution in [1.82, 2.24) is 0 Å². The van der Waals surface area contributed by atoms with E-state index in [4.69, 9.17) is 10.8 Å². The Morgan fingerprint density at radius 1 is 1.36 bits per heavy atom. The molecule has 2 fully saturated rings. The highest BCUT2D eigenvalue weighted by atomic mass is 35.5. The molecule has 3 N–H and O–H groups in total. The van der Waals surface area contributed by atoms with Crippen LogP contribution in [0.4, 0.5) is 0 Å². The largest absolute Gasteiger partial charge is 0.481 e. The average molecular weight is 178 g/mol. The Labute approximate surface area is 71.4 Å². The van der Waals surface area contributed by atoms with Crippen molar-refractivity contribution < 1.29 is 9.90 Å². The van der Waals surface area contributed by atoms with Gasteiger partial charge in [0.1, 0.15) is 0 Å². The highest BCUT2D eigenvalue weighted by molar-refractivity contribution is 5.85. The van der Waals surface area contributed by atoms with Gasteiger partial charge in [0, 0.05) is 6.04 Å². The quantitative estimate of drug-likeness (QED) is 0.612. The van der Waals surface area contributed by atoms with Crippen LogP contribution in [0.2, 0.25) is 0 Å². The Morgan fingerprint density at radius 2 is 2.00 bits per heavy atom. The molecule has 0 radical (unpaired) electrons. The van der Waals surface area contributed by atoms with Crippen molar-refractivity contribution in [3.05, 3.63) is 0 Å². The van der Waals surface area contributed by atoms with Crippen molar-refractivity contribution in [1.29, 1.82) is 0 Å². The van der Waals surface area contributed by atoms with Crippen molar-refractivity contribution in [2.45, 2.75) is 18.9 Å². The fourth-order valence-electron chi connectivity index (χ4n) is 2.12. The molecule has 0 aliphatic heterocycles. The topological polar surface area (TPSA) is 63.3 Å². The van der Waals surface area contributed by atoms with Gasteiger partial charge < -0.3 is 10.8 Å². The van der Waals surface area contributed by atoms with Gasteiger partial charge in [-0.05, 0) is 24.7 Å². The minimum atomic E-state index is -0.652. The van der Waals surface area contributed by atoms with E-state index in [1.807, 2.05) is 0 Å². The van der Waals surface area contributed by atoms with Crippen LogP contribution in [-0.2, 0) is 4.79 Å². The number of carbonyl (C=O) groups is 1. The van der Waals surface area contributed by atoms with Crippen LogP contribution in [0.1, 0.15) is 12.8 Å². The van der Waals surface area contributed by atoms with Crippen molar-refractivity contribution in [3.8, 4) is 0 Å². The zero-order valence-electron chi connectivity index (χ0n) is 6.06. The second-order valence-corrected chi connectivity index (χ2v) is 3.41. The number of rotatable bonds is 1. The van der Waals surface area contributed by atoms with Crippen LogP contribution in [0.25, 0.3) is 0 Å². The maximum atomic E-state index is 10.5. The van der Waals surface area contributed by atoms with E-state index in [0.29, 0.717) is 18.3 Å². The maximum absolute atomic E-state index is 10.5. The summed E-state index contributed by atoms with van der Waals surface area (Å²) in [6.07, 6.45) is 1.75. The molecular weight excluding hydrogens is 166 g/mol. The number of halogens is 1. The molecule has 2 aliphatic rings. The molecule has 2 aliphatic carbocycles. The molecule has 2 rings (SSSR count). The predicted molar refractivity (Wildman–Crippen MR) is 42.6 cm³/mol. The first-order valence-electron chi connectivity index (χ1n) is 3.68. The van der Waals surface area contributed by atoms with E-state index in [0.717, 1.165) is 6.42 Å². The third-order valence-electron chi connectivity index (χ3n) is 2.80. The van der Waals surface area contributed by atoms with Gasteiger partial charge in [-0.2, -0.15) is 0 Å². The molecule has 64 valence electrons. The van der Waals surface area contributed by atoms with Crippen molar-refractivity contribution in [3.63, 3.8) is 0 Å². The van der Waals surface area contributed by atoms with Gasteiger partial charge in [0.05, 0.1) is 5.92 Å². The molecular formula is C7H12ClNO2. The minimum absolute atomic E-state index is 0. The van der Waals surface area contributed by atoms with Gasteiger partial charge in [0.25, 0.3) is 0 Å². The lowest BCUT2D eigenvalue weighted by molar-refractivity contribution is -0.142. The molecule has 0 heterocycles. The molecule has 11 heavy (non-hydrogen) atoms. The molecule has 4 heteroatoms. The highest BCUT2D eigenvalue weighted by Crippen LogP contribution is 2.54. The first-order chi connectivity index (χ1) is 4.70. The fraction of sp³-hybridized carbons (Fsp3) is 0.857. The molecule has 0 bridgehead atoms. The lowest BCUT2D eigenvalue weighted by atomic mass is 10.0. The lowest BCUT2D eigenvalue weighted by Crippen LogP contribution is -2.22. The number of carboxylic acid groups (broad SMARTS) is 1. The van der Waals surface area contributed by atoms with Gasteiger partial charge in [0.15, 0.2) is 0 Å². The second-order valence-electron chi connectivity index (χ2n) is 3.41. The number of hydrogen-bond acceptors (Lipinski definition) is 2. The van der Waals surface area contributed by atoms with E-state index in [-0.39, 0.29) is 24.4 Å². The first kappa shape index (κ1) is 8.81. The van der Waals surface area contributed by atoms with Crippen LogP contribution >= 0.6 is 12.4 Å². The Balaban J connectivity index is 0.000000605. The first-order valence-corrected chi connectivity index (χ1v) is 3.68. The van der Waals surface area contributed by atoms with Gasteiger partial charge in [-0.3, -0.25) is 4.79 Å². The minimum Gasteiger partial charge on any atom is -0.481 e. The summed E-state index contributed by atoms with van der Waals surface area (Å²) in [5, 5.41) is 8.67. The molecule has 0 saturated heterocycles. The number of aliphatic carboxylic acids is 1. The number of nitrogens with two attached hydrogens (primary N) is 1. The Bertz CT molecular complexity index is 185. The smallest absolute Gasteiger partial charge is 0.306 e. The summed E-state index contributed by atoms with van der Waals surface area (Å²) >= 11 is 0. The van der Waals surface area contributed by atoms with Gasteiger partial charge in [-0.25, -0.2) is 0 Å². The number of hydrogen-bond donors (Lipinski definition) is 2. The number of carboxylic acids is 1. The van der Waals surface area contributed by atoms with Gasteiger partial charge in [0.2, 0.25) is 0 Å². The highest BCUT2D eigenvalue weighted by Gasteiger charge is 2.55. The molecule has 4 unspecified atom stereocenters. The molecule has 0 amide bonds. The third-order valence-corrected chi connectivity index (χ3v) is 2.80. The summed E-state index contributed by atoms with van der Waals surface area (Å²) in [7, 11) is 0. The molecule has 2 saturated carbocycles. The van der Waals surface area contributed by atoms with E-state index in [1.54, 1.807) is 0 Å². The lowest BCUT2D eigenvalue weighted by Gasteiger charge is -2.06. The molecule has 0 aromatic carbocycles. The summed E-state index contributed by atoms with van der Waals surface area (Å²) in [6.45, 7) is 0. The van der Waals surface area contributed by atoms with Crippen molar-refractivity contribution >= 4 is 18.4 Å². The zero-order chi connectivity index (χ0) is 7.30. The Hall–Kier alpha value is -0.280. The summed E-state index contributed by atoms with van der Waals surface area (Å²) in [5.41, 5.74) is 5.68. The van der Waals surface area contributed by atoms with Gasteiger partial charge in [-0.1, -0.05) is 0 Å². The van der Waals surface area contributed by atoms with Crippen LogP contribution in [-0.4, -0.2) is 17.1 Å². The summed E-state index contributed by atoms with van der Waals surface area (Å²) in [6, 6.07) is 0.172. The van der Waals surface area contributed by atoms with E-state index in [9.17, 15) is 4.79 Å². The summed E-state index contributed by atoms with van der Waals surface area (Å²) in [4.78, 5) is 10.5. The van der Waals surface area contributed by atoms with Gasteiger partial charge in [-0.15, -0.1) is 12.4 Å². The second kappa shape index (κ2) is 2.64. The summed E-state index contributed by atoms with van der Waals surface area (Å²) in [5.74, 6) is 0.189. The zero-order valence-corrected chi connectivity index (χ0v) is 6.88. The van der Waals surface area contributed by atoms with Crippen LogP contribution in [0.3, 0.4) is 0 Å². The van der Waals surface area contributed by atoms with E-state index >= 15 is 0 Å².